The van der Waals surface area contributed by atoms with Crippen LogP contribution in [0.3, 0.4) is 0 Å². The molecule has 9 heteroatoms. The molecule has 0 aliphatic carbocycles. The second kappa shape index (κ2) is 6.83. The number of nitrogens with zero attached hydrogens (tertiary/aromatic N) is 3. The maximum Gasteiger partial charge on any atom is 0.309 e. The highest BCUT2D eigenvalue weighted by atomic mass is 32.2. The van der Waals surface area contributed by atoms with Crippen LogP contribution in [0.25, 0.3) is 0 Å². The first-order valence-corrected chi connectivity index (χ1v) is 9.83. The quantitative estimate of drug-likeness (QED) is 0.793. The van der Waals surface area contributed by atoms with Gasteiger partial charge in [0.2, 0.25) is 10.0 Å². The average molecular weight is 357 g/mol. The fraction of sp³-hybridized carbons (Fsp3) is 0.667. The zero-order valence-corrected chi connectivity index (χ0v) is 14.5. The molecule has 1 aromatic heterocycles. The van der Waals surface area contributed by atoms with Crippen molar-refractivity contribution in [1.82, 2.24) is 14.1 Å². The van der Waals surface area contributed by atoms with Crippen LogP contribution in [0.2, 0.25) is 0 Å². The summed E-state index contributed by atoms with van der Waals surface area (Å²) < 4.78 is 30.4. The van der Waals surface area contributed by atoms with Crippen LogP contribution in [0, 0.1) is 5.92 Å². The minimum Gasteiger partial charge on any atom is -0.481 e. The molecule has 2 aliphatic heterocycles. The summed E-state index contributed by atoms with van der Waals surface area (Å²) in [4.78, 5) is 15.8. The van der Waals surface area contributed by atoms with Gasteiger partial charge in [0.25, 0.3) is 0 Å². The van der Waals surface area contributed by atoms with E-state index in [-0.39, 0.29) is 12.6 Å². The number of rotatable bonds is 4. The van der Waals surface area contributed by atoms with E-state index < -0.39 is 21.9 Å². The fourth-order valence-corrected chi connectivity index (χ4v) is 4.37. The first-order valence-electron chi connectivity index (χ1n) is 7.98. The highest BCUT2D eigenvalue weighted by molar-refractivity contribution is 7.88. The van der Waals surface area contributed by atoms with E-state index in [4.69, 9.17) is 4.42 Å². The number of carbonyl (C=O) groups is 1. The number of carboxylic acid groups (broad SMARTS) is 1. The van der Waals surface area contributed by atoms with Crippen LogP contribution in [0.15, 0.2) is 23.0 Å². The van der Waals surface area contributed by atoms with Crippen molar-refractivity contribution in [3.8, 4) is 0 Å². The molecule has 2 fully saturated rings. The number of furan rings is 1. The van der Waals surface area contributed by atoms with Crippen LogP contribution in [-0.2, 0) is 21.4 Å². The fourth-order valence-electron chi connectivity index (χ4n) is 3.48. The molecule has 0 aromatic carbocycles. The molecular weight excluding hydrogens is 334 g/mol. The van der Waals surface area contributed by atoms with E-state index in [1.54, 1.807) is 12.5 Å². The normalized spacial score (nSPS) is 27.5. The Balaban J connectivity index is 1.74. The Morgan fingerprint density at radius 2 is 2.08 bits per heavy atom. The Hall–Kier alpha value is -1.42. The summed E-state index contributed by atoms with van der Waals surface area (Å²) in [6, 6.07) is 1.92. The van der Waals surface area contributed by atoms with Gasteiger partial charge in [-0.05, 0) is 6.07 Å². The molecule has 2 atom stereocenters. The molecule has 8 nitrogen and oxygen atoms in total. The van der Waals surface area contributed by atoms with Crippen molar-refractivity contribution >= 4 is 16.0 Å². The number of carboxylic acids is 1. The lowest BCUT2D eigenvalue weighted by molar-refractivity contribution is -0.142. The van der Waals surface area contributed by atoms with E-state index in [1.165, 1.54) is 4.31 Å². The Bertz CT molecular complexity index is 675. The van der Waals surface area contributed by atoms with Gasteiger partial charge in [0.1, 0.15) is 0 Å². The van der Waals surface area contributed by atoms with E-state index in [2.05, 4.69) is 9.80 Å². The summed E-state index contributed by atoms with van der Waals surface area (Å²) in [5.74, 6) is -1.63. The van der Waals surface area contributed by atoms with Gasteiger partial charge in [-0.1, -0.05) is 0 Å². The van der Waals surface area contributed by atoms with Crippen molar-refractivity contribution < 1.29 is 22.7 Å². The van der Waals surface area contributed by atoms with Gasteiger partial charge in [0.05, 0.1) is 24.7 Å². The second-order valence-corrected chi connectivity index (χ2v) is 8.61. The minimum absolute atomic E-state index is 0.00438. The van der Waals surface area contributed by atoms with E-state index in [0.717, 1.165) is 31.5 Å². The summed E-state index contributed by atoms with van der Waals surface area (Å²) in [7, 11) is -3.42. The van der Waals surface area contributed by atoms with Crippen LogP contribution in [0.1, 0.15) is 5.56 Å². The largest absolute Gasteiger partial charge is 0.481 e. The van der Waals surface area contributed by atoms with Gasteiger partial charge >= 0.3 is 5.97 Å². The van der Waals surface area contributed by atoms with Crippen LogP contribution in [0.5, 0.6) is 0 Å². The molecule has 3 rings (SSSR count). The van der Waals surface area contributed by atoms with Crippen LogP contribution in [-0.4, -0.2) is 85.2 Å². The molecule has 24 heavy (non-hydrogen) atoms. The van der Waals surface area contributed by atoms with E-state index >= 15 is 0 Å². The molecule has 3 heterocycles. The molecule has 0 spiro atoms. The number of fused-ring (bicyclic) bond motifs is 1. The first kappa shape index (κ1) is 17.4. The van der Waals surface area contributed by atoms with Crippen LogP contribution >= 0.6 is 0 Å². The Morgan fingerprint density at radius 3 is 2.71 bits per heavy atom. The molecule has 0 amide bonds. The third-order valence-corrected chi connectivity index (χ3v) is 6.02. The van der Waals surface area contributed by atoms with Gasteiger partial charge in [0.15, 0.2) is 0 Å². The minimum atomic E-state index is -3.42. The molecule has 0 saturated carbocycles. The highest BCUT2D eigenvalue weighted by Crippen LogP contribution is 2.21. The molecule has 0 bridgehead atoms. The predicted molar refractivity (Wildman–Crippen MR) is 86.9 cm³/mol. The first-order chi connectivity index (χ1) is 11.3. The second-order valence-electron chi connectivity index (χ2n) is 6.63. The maximum atomic E-state index is 12.0. The topological polar surface area (TPSA) is 94.3 Å². The van der Waals surface area contributed by atoms with Crippen molar-refractivity contribution in [3.05, 3.63) is 24.2 Å². The van der Waals surface area contributed by atoms with Crippen LogP contribution in [0.4, 0.5) is 0 Å². The average Bonchev–Trinajstić information content (AvgIpc) is 2.91. The molecule has 1 N–H and O–H groups in total. The van der Waals surface area contributed by atoms with Gasteiger partial charge in [-0.2, -0.15) is 4.31 Å². The Labute approximate surface area is 141 Å². The summed E-state index contributed by atoms with van der Waals surface area (Å²) in [6.45, 7) is 3.81. The summed E-state index contributed by atoms with van der Waals surface area (Å²) >= 11 is 0. The number of hydrogen-bond acceptors (Lipinski definition) is 6. The lowest BCUT2D eigenvalue weighted by Crippen LogP contribution is -2.55. The third kappa shape index (κ3) is 3.97. The molecule has 2 unspecified atom stereocenters. The molecule has 2 aliphatic rings. The van der Waals surface area contributed by atoms with Crippen molar-refractivity contribution in [2.75, 3.05) is 45.5 Å². The van der Waals surface area contributed by atoms with E-state index in [0.29, 0.717) is 19.6 Å². The van der Waals surface area contributed by atoms with E-state index in [1.807, 2.05) is 6.07 Å². The SMILES string of the molecule is CS(=O)(=O)N1CC(C(=O)O)CN2CCN(Cc3ccoc3)CC2C1. The smallest absolute Gasteiger partial charge is 0.309 e. The lowest BCUT2D eigenvalue weighted by atomic mass is 10.1. The van der Waals surface area contributed by atoms with Gasteiger partial charge in [-0.25, -0.2) is 8.42 Å². The molecule has 2 saturated heterocycles. The van der Waals surface area contributed by atoms with Gasteiger partial charge in [-0.3, -0.25) is 14.6 Å². The van der Waals surface area contributed by atoms with Gasteiger partial charge in [-0.15, -0.1) is 0 Å². The third-order valence-electron chi connectivity index (χ3n) is 4.79. The van der Waals surface area contributed by atoms with Crippen molar-refractivity contribution in [1.29, 1.82) is 0 Å². The molecule has 134 valence electrons. The van der Waals surface area contributed by atoms with E-state index in [9.17, 15) is 18.3 Å². The lowest BCUT2D eigenvalue weighted by Gasteiger charge is -2.41. The number of piperazine rings is 1. The van der Waals surface area contributed by atoms with Gasteiger partial charge in [0, 0.05) is 57.4 Å². The number of aliphatic carboxylic acids is 1. The standard InChI is InChI=1S/C15H23N3O5S/c1-24(21,22)18-8-13(15(19)20)7-17-4-3-16(9-14(17)10-18)6-12-2-5-23-11-12/h2,5,11,13-14H,3-4,6-10H2,1H3,(H,19,20). The Kier molecular flexibility index (Phi) is 4.95. The van der Waals surface area contributed by atoms with Gasteiger partial charge < -0.3 is 9.52 Å². The monoisotopic (exact) mass is 357 g/mol. The molecule has 1 aromatic rings. The molecule has 0 radical (unpaired) electrons. The Morgan fingerprint density at radius 1 is 1.29 bits per heavy atom. The number of sulfonamides is 1. The summed E-state index contributed by atoms with van der Waals surface area (Å²) in [5, 5.41) is 9.39. The van der Waals surface area contributed by atoms with Crippen molar-refractivity contribution in [2.24, 2.45) is 5.92 Å². The summed E-state index contributed by atoms with van der Waals surface area (Å²) in [6.07, 6.45) is 4.50. The van der Waals surface area contributed by atoms with Crippen molar-refractivity contribution in [2.45, 2.75) is 12.6 Å². The van der Waals surface area contributed by atoms with Crippen molar-refractivity contribution in [3.63, 3.8) is 0 Å². The zero-order valence-electron chi connectivity index (χ0n) is 13.7. The van der Waals surface area contributed by atoms with Crippen LogP contribution < -0.4 is 0 Å². The summed E-state index contributed by atoms with van der Waals surface area (Å²) in [5.41, 5.74) is 1.08. The zero-order chi connectivity index (χ0) is 17.3. The highest BCUT2D eigenvalue weighted by Gasteiger charge is 2.38. The number of hydrogen-bond donors (Lipinski definition) is 1. The molecular formula is C15H23N3O5S. The maximum absolute atomic E-state index is 12.0. The predicted octanol–water partition coefficient (Wildman–Crippen LogP) is -0.258.